The molecule has 9 nitrogen and oxygen atoms in total. The summed E-state index contributed by atoms with van der Waals surface area (Å²) in [5.41, 5.74) is 1.20. The van der Waals surface area contributed by atoms with Gasteiger partial charge in [0.2, 0.25) is 0 Å². The summed E-state index contributed by atoms with van der Waals surface area (Å²) in [7, 11) is 2.82. The first-order chi connectivity index (χ1) is 15.3. The zero-order valence-electron chi connectivity index (χ0n) is 17.6. The van der Waals surface area contributed by atoms with Crippen molar-refractivity contribution >= 4 is 24.1 Å². The number of carbonyl (C=O) groups is 2. The number of aliphatic hydroxyl groups is 1. The SMILES string of the molecule is COc1cc(C=CC(=O)OCC(O)COC(=O)C=Cc2ccc(O)c(OC)c2)ccc1O. The predicted molar refractivity (Wildman–Crippen MR) is 115 cm³/mol. The average molecular weight is 444 g/mol. The Morgan fingerprint density at radius 3 is 1.59 bits per heavy atom. The van der Waals surface area contributed by atoms with Crippen LogP contribution in [0.5, 0.6) is 23.0 Å². The van der Waals surface area contributed by atoms with E-state index in [1.807, 2.05) is 0 Å². The molecule has 3 N–H and O–H groups in total. The summed E-state index contributed by atoms with van der Waals surface area (Å²) >= 11 is 0. The van der Waals surface area contributed by atoms with Crippen LogP contribution in [0.25, 0.3) is 12.2 Å². The second-order valence-corrected chi connectivity index (χ2v) is 6.44. The van der Waals surface area contributed by atoms with E-state index in [0.29, 0.717) is 11.1 Å². The van der Waals surface area contributed by atoms with Crippen LogP contribution in [-0.4, -0.2) is 60.8 Å². The number of ether oxygens (including phenoxy) is 4. The number of methoxy groups -OCH3 is 2. The van der Waals surface area contributed by atoms with Crippen molar-refractivity contribution in [2.75, 3.05) is 27.4 Å². The van der Waals surface area contributed by atoms with Crippen LogP contribution in [0.3, 0.4) is 0 Å². The van der Waals surface area contributed by atoms with Crippen LogP contribution in [0.4, 0.5) is 0 Å². The van der Waals surface area contributed by atoms with Crippen molar-refractivity contribution in [3.8, 4) is 23.0 Å². The number of phenols is 2. The molecule has 0 bridgehead atoms. The Morgan fingerprint density at radius 2 is 1.22 bits per heavy atom. The molecular formula is C23H24O9. The van der Waals surface area contributed by atoms with E-state index < -0.39 is 18.0 Å². The van der Waals surface area contributed by atoms with Gasteiger partial charge in [-0.1, -0.05) is 12.1 Å². The van der Waals surface area contributed by atoms with Gasteiger partial charge in [0.05, 0.1) is 14.2 Å². The van der Waals surface area contributed by atoms with Crippen molar-refractivity contribution in [1.29, 1.82) is 0 Å². The van der Waals surface area contributed by atoms with Crippen LogP contribution in [0.15, 0.2) is 48.6 Å². The second kappa shape index (κ2) is 12.0. The Balaban J connectivity index is 1.75. The normalized spacial score (nSPS) is 12.0. The van der Waals surface area contributed by atoms with Crippen LogP contribution in [0.2, 0.25) is 0 Å². The molecule has 0 spiro atoms. The van der Waals surface area contributed by atoms with Crippen LogP contribution in [0, 0.1) is 0 Å². The molecule has 9 heteroatoms. The Labute approximate surface area is 184 Å². The molecule has 0 fully saturated rings. The van der Waals surface area contributed by atoms with Crippen molar-refractivity contribution in [3.63, 3.8) is 0 Å². The third kappa shape index (κ3) is 7.69. The fourth-order valence-corrected chi connectivity index (χ4v) is 2.43. The molecule has 0 unspecified atom stereocenters. The molecule has 0 aliphatic heterocycles. The van der Waals surface area contributed by atoms with Gasteiger partial charge in [0, 0.05) is 12.2 Å². The van der Waals surface area contributed by atoms with E-state index in [0.717, 1.165) is 12.2 Å². The van der Waals surface area contributed by atoms with Gasteiger partial charge in [-0.05, 0) is 47.5 Å². The molecule has 170 valence electrons. The van der Waals surface area contributed by atoms with Crippen LogP contribution >= 0.6 is 0 Å². The molecule has 0 heterocycles. The minimum Gasteiger partial charge on any atom is -0.504 e. The Bertz CT molecular complexity index is 915. The maximum absolute atomic E-state index is 11.8. The molecule has 2 aromatic rings. The number of esters is 2. The molecule has 0 radical (unpaired) electrons. The maximum atomic E-state index is 11.8. The summed E-state index contributed by atoms with van der Waals surface area (Å²) in [5.74, 6) is -0.940. The first-order valence-corrected chi connectivity index (χ1v) is 9.44. The van der Waals surface area contributed by atoms with Crippen molar-refractivity contribution in [2.24, 2.45) is 0 Å². The molecule has 0 aliphatic rings. The summed E-state index contributed by atoms with van der Waals surface area (Å²) in [5, 5.41) is 28.9. The number of benzene rings is 2. The van der Waals surface area contributed by atoms with E-state index in [2.05, 4.69) is 0 Å². The highest BCUT2D eigenvalue weighted by molar-refractivity contribution is 5.87. The number of hydrogen-bond donors (Lipinski definition) is 3. The fraction of sp³-hybridized carbons (Fsp3) is 0.217. The van der Waals surface area contributed by atoms with E-state index >= 15 is 0 Å². The van der Waals surface area contributed by atoms with Gasteiger partial charge in [-0.25, -0.2) is 9.59 Å². The minimum atomic E-state index is -1.20. The predicted octanol–water partition coefficient (Wildman–Crippen LogP) is 2.29. The van der Waals surface area contributed by atoms with E-state index in [-0.39, 0.29) is 36.2 Å². The standard InChI is InChI=1S/C23H24O9/c1-29-20-11-15(3-7-18(20)25)5-9-22(27)31-13-17(24)14-32-23(28)10-6-16-4-8-19(26)21(12-16)30-2/h3-12,17,24-26H,13-14H2,1-2H3. The van der Waals surface area contributed by atoms with Crippen molar-refractivity contribution in [3.05, 3.63) is 59.7 Å². The molecule has 0 amide bonds. The van der Waals surface area contributed by atoms with Gasteiger partial charge in [-0.15, -0.1) is 0 Å². The van der Waals surface area contributed by atoms with Gasteiger partial charge in [-0.3, -0.25) is 0 Å². The Kier molecular flexibility index (Phi) is 9.12. The number of aromatic hydroxyl groups is 2. The molecular weight excluding hydrogens is 420 g/mol. The molecule has 0 atom stereocenters. The maximum Gasteiger partial charge on any atom is 0.330 e. The lowest BCUT2D eigenvalue weighted by Gasteiger charge is -2.10. The zero-order chi connectivity index (χ0) is 23.5. The molecule has 0 saturated carbocycles. The van der Waals surface area contributed by atoms with Crippen molar-refractivity contribution in [1.82, 2.24) is 0 Å². The second-order valence-electron chi connectivity index (χ2n) is 6.44. The van der Waals surface area contributed by atoms with Gasteiger partial charge in [0.15, 0.2) is 23.0 Å². The first-order valence-electron chi connectivity index (χ1n) is 9.44. The van der Waals surface area contributed by atoms with E-state index in [1.54, 1.807) is 12.1 Å². The number of aliphatic hydroxyl groups excluding tert-OH is 1. The molecule has 2 aromatic carbocycles. The molecule has 2 rings (SSSR count). The lowest BCUT2D eigenvalue weighted by molar-refractivity contribution is -0.146. The molecule has 0 saturated heterocycles. The number of phenolic OH excluding ortho intramolecular Hbond substituents is 2. The summed E-state index contributed by atoms with van der Waals surface area (Å²) in [6.45, 7) is -0.734. The first kappa shape index (κ1) is 24.3. The van der Waals surface area contributed by atoms with Crippen molar-refractivity contribution < 1.29 is 43.9 Å². The molecule has 0 aromatic heterocycles. The number of rotatable bonds is 10. The Hall–Kier alpha value is -3.98. The lowest BCUT2D eigenvalue weighted by atomic mass is 10.2. The zero-order valence-corrected chi connectivity index (χ0v) is 17.6. The highest BCUT2D eigenvalue weighted by Gasteiger charge is 2.10. The quantitative estimate of drug-likeness (QED) is 0.373. The summed E-state index contributed by atoms with van der Waals surface area (Å²) in [6, 6.07) is 9.09. The van der Waals surface area contributed by atoms with Crippen molar-refractivity contribution in [2.45, 2.75) is 6.10 Å². The summed E-state index contributed by atoms with van der Waals surface area (Å²) in [6.07, 6.45) is 4.02. The van der Waals surface area contributed by atoms with Crippen LogP contribution < -0.4 is 9.47 Å². The summed E-state index contributed by atoms with van der Waals surface area (Å²) < 4.78 is 19.8. The smallest absolute Gasteiger partial charge is 0.330 e. The van der Waals surface area contributed by atoms with Gasteiger partial charge in [-0.2, -0.15) is 0 Å². The van der Waals surface area contributed by atoms with Gasteiger partial charge >= 0.3 is 11.9 Å². The lowest BCUT2D eigenvalue weighted by Crippen LogP contribution is -2.24. The van der Waals surface area contributed by atoms with E-state index in [1.165, 1.54) is 50.6 Å². The van der Waals surface area contributed by atoms with Gasteiger partial charge in [0.25, 0.3) is 0 Å². The minimum absolute atomic E-state index is 0.0254. The van der Waals surface area contributed by atoms with Gasteiger partial charge in [0.1, 0.15) is 19.3 Å². The molecule has 32 heavy (non-hydrogen) atoms. The number of carbonyl (C=O) groups excluding carboxylic acids is 2. The van der Waals surface area contributed by atoms with E-state index in [4.69, 9.17) is 18.9 Å². The average Bonchev–Trinajstić information content (AvgIpc) is 2.80. The largest absolute Gasteiger partial charge is 0.504 e. The van der Waals surface area contributed by atoms with Gasteiger partial charge < -0.3 is 34.3 Å². The Morgan fingerprint density at radius 1 is 0.812 bits per heavy atom. The topological polar surface area (TPSA) is 132 Å². The highest BCUT2D eigenvalue weighted by Crippen LogP contribution is 2.27. The van der Waals surface area contributed by atoms with Crippen LogP contribution in [-0.2, 0) is 19.1 Å². The van der Waals surface area contributed by atoms with E-state index in [9.17, 15) is 24.9 Å². The third-order valence-electron chi connectivity index (χ3n) is 4.07. The highest BCUT2D eigenvalue weighted by atomic mass is 16.6. The molecule has 0 aliphatic carbocycles. The van der Waals surface area contributed by atoms with Crippen LogP contribution in [0.1, 0.15) is 11.1 Å². The monoisotopic (exact) mass is 444 g/mol. The fourth-order valence-electron chi connectivity index (χ4n) is 2.43. The summed E-state index contributed by atoms with van der Waals surface area (Å²) in [4.78, 5) is 23.5. The number of hydrogen-bond acceptors (Lipinski definition) is 9. The third-order valence-corrected chi connectivity index (χ3v) is 4.07.